The number of aliphatic hydroxyl groups is 1. The molecule has 0 radical (unpaired) electrons. The van der Waals surface area contributed by atoms with E-state index in [4.69, 9.17) is 16.7 Å². The van der Waals surface area contributed by atoms with E-state index in [1.807, 2.05) is 13.8 Å². The normalized spacial score (nSPS) is 12.6. The number of nitrogens with one attached hydrogen (secondary N) is 1. The summed E-state index contributed by atoms with van der Waals surface area (Å²) in [7, 11) is -3.51. The molecule has 1 rings (SSSR count). The van der Waals surface area contributed by atoms with Crippen LogP contribution in [0, 0.1) is 5.41 Å². The molecule has 4 nitrogen and oxygen atoms in total. The van der Waals surface area contributed by atoms with E-state index in [1.54, 1.807) is 24.3 Å². The van der Waals surface area contributed by atoms with Crippen molar-refractivity contribution in [2.45, 2.75) is 31.6 Å². The van der Waals surface area contributed by atoms with Gasteiger partial charge in [0.1, 0.15) is 0 Å². The molecule has 0 bridgehead atoms. The van der Waals surface area contributed by atoms with Gasteiger partial charge in [0.25, 0.3) is 0 Å². The van der Waals surface area contributed by atoms with Crippen LogP contribution in [0.25, 0.3) is 0 Å². The van der Waals surface area contributed by atoms with Gasteiger partial charge in [-0.3, -0.25) is 0 Å². The summed E-state index contributed by atoms with van der Waals surface area (Å²) in [5.74, 6) is 0.514. The Labute approximate surface area is 126 Å². The quantitative estimate of drug-likeness (QED) is 0.722. The van der Waals surface area contributed by atoms with Crippen LogP contribution in [0.2, 0.25) is 0 Å². The lowest BCUT2D eigenvalue weighted by atomic mass is 9.90. The molecule has 0 heterocycles. The Balaban J connectivity index is 2.73. The fraction of sp³-hybridized carbons (Fsp3) is 0.571. The third kappa shape index (κ3) is 5.40. The number of hydrogen-bond acceptors (Lipinski definition) is 3. The minimum Gasteiger partial charge on any atom is -0.396 e. The molecule has 0 saturated carbocycles. The predicted molar refractivity (Wildman–Crippen MR) is 81.5 cm³/mol. The highest BCUT2D eigenvalue weighted by atomic mass is 35.5. The van der Waals surface area contributed by atoms with E-state index in [2.05, 4.69) is 4.72 Å². The van der Waals surface area contributed by atoms with Gasteiger partial charge in [-0.15, -0.1) is 11.6 Å². The summed E-state index contributed by atoms with van der Waals surface area (Å²) in [6, 6.07) is 6.72. The second kappa shape index (κ2) is 7.41. The van der Waals surface area contributed by atoms with Gasteiger partial charge in [0.2, 0.25) is 10.0 Å². The van der Waals surface area contributed by atoms with Gasteiger partial charge in [0.05, 0.1) is 4.90 Å². The first-order valence-corrected chi connectivity index (χ1v) is 8.58. The molecular weight excluding hydrogens is 298 g/mol. The Morgan fingerprint density at radius 2 is 1.85 bits per heavy atom. The largest absolute Gasteiger partial charge is 0.396 e. The molecule has 0 fully saturated rings. The molecule has 0 atom stereocenters. The third-order valence-corrected chi connectivity index (χ3v) is 4.75. The molecule has 0 spiro atoms. The monoisotopic (exact) mass is 319 g/mol. The lowest BCUT2D eigenvalue weighted by Gasteiger charge is -2.23. The highest BCUT2D eigenvalue weighted by Crippen LogP contribution is 2.19. The molecule has 0 amide bonds. The van der Waals surface area contributed by atoms with Crippen molar-refractivity contribution in [3.63, 3.8) is 0 Å². The average Bonchev–Trinajstić information content (AvgIpc) is 2.38. The minimum absolute atomic E-state index is 0.0435. The first kappa shape index (κ1) is 17.4. The van der Waals surface area contributed by atoms with Crippen LogP contribution in [-0.4, -0.2) is 32.6 Å². The van der Waals surface area contributed by atoms with Gasteiger partial charge < -0.3 is 5.11 Å². The lowest BCUT2D eigenvalue weighted by molar-refractivity contribution is 0.213. The molecule has 1 aromatic carbocycles. The molecule has 1 aromatic rings. The third-order valence-electron chi connectivity index (χ3n) is 3.15. The number of hydrogen-bond donors (Lipinski definition) is 2. The van der Waals surface area contributed by atoms with Crippen LogP contribution >= 0.6 is 11.6 Å². The molecule has 6 heteroatoms. The minimum atomic E-state index is -3.51. The molecule has 114 valence electrons. The molecule has 0 aliphatic carbocycles. The average molecular weight is 320 g/mol. The molecule has 0 aliphatic heterocycles. The number of benzene rings is 1. The Morgan fingerprint density at radius 1 is 1.25 bits per heavy atom. The highest BCUT2D eigenvalue weighted by molar-refractivity contribution is 7.89. The molecular formula is C14H22ClNO3S. The zero-order chi connectivity index (χ0) is 15.2. The number of rotatable bonds is 8. The standard InChI is InChI=1S/C14H22ClNO3S/c1-14(2,8-10-17)11-16-20(18,19)13-5-3-12(4-6-13)7-9-15/h3-6,16-17H,7-11H2,1-2H3. The van der Waals surface area contributed by atoms with Gasteiger partial charge in [-0.1, -0.05) is 26.0 Å². The van der Waals surface area contributed by atoms with Crippen LogP contribution in [0.5, 0.6) is 0 Å². The van der Waals surface area contributed by atoms with Crippen molar-refractivity contribution < 1.29 is 13.5 Å². The second-order valence-electron chi connectivity index (χ2n) is 5.55. The molecule has 0 unspecified atom stereocenters. The Bertz CT molecular complexity index is 512. The van der Waals surface area contributed by atoms with Gasteiger partial charge in [-0.25, -0.2) is 13.1 Å². The highest BCUT2D eigenvalue weighted by Gasteiger charge is 2.21. The molecule has 0 aromatic heterocycles. The van der Waals surface area contributed by atoms with Crippen molar-refractivity contribution in [2.75, 3.05) is 19.0 Å². The maximum Gasteiger partial charge on any atom is 0.240 e. The van der Waals surface area contributed by atoms with E-state index >= 15 is 0 Å². The van der Waals surface area contributed by atoms with Crippen molar-refractivity contribution >= 4 is 21.6 Å². The lowest BCUT2D eigenvalue weighted by Crippen LogP contribution is -2.34. The fourth-order valence-corrected chi connectivity index (χ4v) is 3.17. The van der Waals surface area contributed by atoms with Gasteiger partial charge >= 0.3 is 0 Å². The van der Waals surface area contributed by atoms with Crippen LogP contribution in [-0.2, 0) is 16.4 Å². The fourth-order valence-electron chi connectivity index (χ4n) is 1.71. The van der Waals surface area contributed by atoms with E-state index in [0.29, 0.717) is 18.8 Å². The van der Waals surface area contributed by atoms with E-state index in [1.165, 1.54) is 0 Å². The van der Waals surface area contributed by atoms with Crippen molar-refractivity contribution in [1.29, 1.82) is 0 Å². The maximum atomic E-state index is 12.2. The Morgan fingerprint density at radius 3 is 2.35 bits per heavy atom. The molecule has 0 saturated heterocycles. The van der Waals surface area contributed by atoms with Crippen LogP contribution in [0.4, 0.5) is 0 Å². The van der Waals surface area contributed by atoms with Gasteiger partial charge in [-0.05, 0) is 36.0 Å². The van der Waals surface area contributed by atoms with Crippen molar-refractivity contribution in [2.24, 2.45) is 5.41 Å². The van der Waals surface area contributed by atoms with E-state index in [9.17, 15) is 8.42 Å². The predicted octanol–water partition coefficient (Wildman–Crippen LogP) is 2.15. The number of alkyl halides is 1. The summed E-state index contributed by atoms with van der Waals surface area (Å²) in [4.78, 5) is 0.246. The van der Waals surface area contributed by atoms with Crippen LogP contribution in [0.15, 0.2) is 29.2 Å². The Kier molecular flexibility index (Phi) is 6.45. The molecule has 2 N–H and O–H groups in total. The zero-order valence-electron chi connectivity index (χ0n) is 11.9. The number of sulfonamides is 1. The second-order valence-corrected chi connectivity index (χ2v) is 7.69. The van der Waals surface area contributed by atoms with Crippen molar-refractivity contribution in [3.8, 4) is 0 Å². The molecule has 0 aliphatic rings. The summed E-state index contributed by atoms with van der Waals surface area (Å²) in [6.07, 6.45) is 1.27. The summed E-state index contributed by atoms with van der Waals surface area (Å²) in [5.41, 5.74) is 0.736. The van der Waals surface area contributed by atoms with E-state index < -0.39 is 10.0 Å². The van der Waals surface area contributed by atoms with Gasteiger partial charge in [0, 0.05) is 19.0 Å². The first-order valence-electron chi connectivity index (χ1n) is 6.56. The summed E-state index contributed by atoms with van der Waals surface area (Å²) in [6.45, 7) is 4.16. The topological polar surface area (TPSA) is 66.4 Å². The van der Waals surface area contributed by atoms with Crippen LogP contribution < -0.4 is 4.72 Å². The van der Waals surface area contributed by atoms with Crippen molar-refractivity contribution in [1.82, 2.24) is 4.72 Å². The smallest absolute Gasteiger partial charge is 0.240 e. The van der Waals surface area contributed by atoms with E-state index in [0.717, 1.165) is 12.0 Å². The zero-order valence-corrected chi connectivity index (χ0v) is 13.5. The Hall–Kier alpha value is -0.620. The first-order chi connectivity index (χ1) is 9.30. The maximum absolute atomic E-state index is 12.2. The summed E-state index contributed by atoms with van der Waals surface area (Å²) < 4.78 is 26.9. The number of halogens is 1. The van der Waals surface area contributed by atoms with Crippen molar-refractivity contribution in [3.05, 3.63) is 29.8 Å². The molecule has 20 heavy (non-hydrogen) atoms. The van der Waals surface area contributed by atoms with Gasteiger partial charge in [0.15, 0.2) is 0 Å². The summed E-state index contributed by atoms with van der Waals surface area (Å²) in [5, 5.41) is 8.94. The number of aryl methyl sites for hydroxylation is 1. The SMILES string of the molecule is CC(C)(CCO)CNS(=O)(=O)c1ccc(CCCl)cc1. The van der Waals surface area contributed by atoms with Crippen LogP contribution in [0.3, 0.4) is 0 Å². The van der Waals surface area contributed by atoms with Crippen LogP contribution in [0.1, 0.15) is 25.8 Å². The van der Waals surface area contributed by atoms with E-state index in [-0.39, 0.29) is 16.9 Å². The number of aliphatic hydroxyl groups excluding tert-OH is 1. The summed E-state index contributed by atoms with van der Waals surface area (Å²) >= 11 is 5.64. The van der Waals surface area contributed by atoms with Gasteiger partial charge in [-0.2, -0.15) is 0 Å².